The first-order chi connectivity index (χ1) is 15.5. The number of ketones is 2. The van der Waals surface area contributed by atoms with Crippen molar-refractivity contribution in [1.82, 2.24) is 0 Å². The number of carbonyl (C=O) groups is 2. The van der Waals surface area contributed by atoms with Crippen LogP contribution in [0.3, 0.4) is 0 Å². The highest BCUT2D eigenvalue weighted by Gasteiger charge is 2.29. The van der Waals surface area contributed by atoms with E-state index >= 15 is 0 Å². The number of unbranched alkanes of at least 4 members (excludes halogenated alkanes) is 14. The van der Waals surface area contributed by atoms with Crippen molar-refractivity contribution < 1.29 is 9.59 Å². The van der Waals surface area contributed by atoms with Crippen LogP contribution < -0.4 is 0 Å². The quantitative estimate of drug-likeness (QED) is 0.0978. The first-order valence-electron chi connectivity index (χ1n) is 13.1. The highest BCUT2D eigenvalue weighted by atomic mass is 35.5. The Morgan fingerprint density at radius 1 is 0.438 bits per heavy atom. The predicted octanol–water partition coefficient (Wildman–Crippen LogP) is 9.27. The number of halogens is 2. The first kappa shape index (κ1) is 29.4. The van der Waals surface area contributed by atoms with Crippen LogP contribution >= 0.6 is 23.2 Å². The zero-order valence-corrected chi connectivity index (χ0v) is 22.2. The van der Waals surface area contributed by atoms with E-state index in [1.807, 2.05) is 13.8 Å². The molecule has 0 aromatic carbocycles. The molecule has 184 valence electrons. The standard InChI is InChI=1S/C28H46Cl2O2/c1-23-24(2)28(32)26(20-16-12-8-4-6-10-14-18-22-30)25(27(23)31)19-15-11-7-3-5-9-13-17-21-29/h3-22H2,1-2H3. The van der Waals surface area contributed by atoms with E-state index in [0.29, 0.717) is 11.1 Å². The van der Waals surface area contributed by atoms with Crippen LogP contribution in [0.5, 0.6) is 0 Å². The fourth-order valence-electron chi connectivity index (χ4n) is 4.51. The van der Waals surface area contributed by atoms with Gasteiger partial charge in [0.2, 0.25) is 0 Å². The van der Waals surface area contributed by atoms with Crippen LogP contribution in [0.1, 0.15) is 129 Å². The number of hydrogen-bond donors (Lipinski definition) is 0. The Balaban J connectivity index is 2.42. The van der Waals surface area contributed by atoms with Crippen molar-refractivity contribution in [2.75, 3.05) is 11.8 Å². The minimum Gasteiger partial charge on any atom is -0.289 e. The fourth-order valence-corrected chi connectivity index (χ4v) is 4.89. The molecule has 0 atom stereocenters. The summed E-state index contributed by atoms with van der Waals surface area (Å²) in [5.74, 6) is 1.79. The van der Waals surface area contributed by atoms with Crippen molar-refractivity contribution in [3.63, 3.8) is 0 Å². The Labute approximate surface area is 207 Å². The molecular weight excluding hydrogens is 439 g/mol. The molecule has 0 spiro atoms. The Morgan fingerprint density at radius 3 is 0.969 bits per heavy atom. The van der Waals surface area contributed by atoms with Crippen molar-refractivity contribution in [1.29, 1.82) is 0 Å². The molecule has 1 rings (SSSR count). The molecule has 0 radical (unpaired) electrons. The van der Waals surface area contributed by atoms with Crippen molar-refractivity contribution >= 4 is 34.8 Å². The van der Waals surface area contributed by atoms with E-state index in [9.17, 15) is 9.59 Å². The molecule has 4 heteroatoms. The lowest BCUT2D eigenvalue weighted by atomic mass is 9.81. The van der Waals surface area contributed by atoms with Gasteiger partial charge in [-0.25, -0.2) is 0 Å². The second-order valence-electron chi connectivity index (χ2n) is 9.40. The summed E-state index contributed by atoms with van der Waals surface area (Å²) in [5, 5.41) is 0. The molecule has 0 heterocycles. The third kappa shape index (κ3) is 11.5. The average molecular weight is 486 g/mol. The van der Waals surface area contributed by atoms with Gasteiger partial charge < -0.3 is 0 Å². The van der Waals surface area contributed by atoms with Crippen LogP contribution in [0.4, 0.5) is 0 Å². The largest absolute Gasteiger partial charge is 0.289 e. The van der Waals surface area contributed by atoms with Crippen molar-refractivity contribution in [3.8, 4) is 0 Å². The van der Waals surface area contributed by atoms with Gasteiger partial charge >= 0.3 is 0 Å². The lowest BCUT2D eigenvalue weighted by molar-refractivity contribution is -0.116. The van der Waals surface area contributed by atoms with Gasteiger partial charge in [0.1, 0.15) is 0 Å². The molecule has 2 nitrogen and oxygen atoms in total. The van der Waals surface area contributed by atoms with Crippen LogP contribution in [0.25, 0.3) is 0 Å². The summed E-state index contributed by atoms with van der Waals surface area (Å²) in [7, 11) is 0. The van der Waals surface area contributed by atoms with Crippen molar-refractivity contribution in [3.05, 3.63) is 22.3 Å². The Kier molecular flexibility index (Phi) is 17.3. The van der Waals surface area contributed by atoms with E-state index in [2.05, 4.69) is 0 Å². The summed E-state index contributed by atoms with van der Waals surface area (Å²) < 4.78 is 0. The molecule has 0 unspecified atom stereocenters. The molecule has 0 amide bonds. The highest BCUT2D eigenvalue weighted by molar-refractivity contribution is 6.24. The SMILES string of the molecule is CC1=C(C)C(=O)C(CCCCCCCCCCCl)=C(CCCCCCCCCCCl)C1=O. The molecule has 1 aliphatic rings. The molecule has 1 aliphatic carbocycles. The van der Waals surface area contributed by atoms with Gasteiger partial charge in [-0.05, 0) is 52.4 Å². The van der Waals surface area contributed by atoms with Gasteiger partial charge in [0.15, 0.2) is 11.6 Å². The zero-order chi connectivity index (χ0) is 23.6. The summed E-state index contributed by atoms with van der Waals surface area (Å²) in [4.78, 5) is 25.9. The number of allylic oxidation sites excluding steroid dienone is 4. The van der Waals surface area contributed by atoms with Crippen LogP contribution in [0.2, 0.25) is 0 Å². The van der Waals surface area contributed by atoms with Gasteiger partial charge in [-0.15, -0.1) is 23.2 Å². The Morgan fingerprint density at radius 2 is 0.688 bits per heavy atom. The maximum absolute atomic E-state index is 12.9. The molecule has 0 aromatic rings. The summed E-state index contributed by atoms with van der Waals surface area (Å²) in [6.45, 7) is 3.63. The number of alkyl halides is 2. The third-order valence-corrected chi connectivity index (χ3v) is 7.31. The van der Waals surface area contributed by atoms with E-state index in [4.69, 9.17) is 23.2 Å². The Hall–Kier alpha value is -0.600. The van der Waals surface area contributed by atoms with Gasteiger partial charge in [-0.1, -0.05) is 77.0 Å². The monoisotopic (exact) mass is 484 g/mol. The summed E-state index contributed by atoms with van der Waals surface area (Å²) in [6, 6.07) is 0. The Bertz CT molecular complexity index is 567. The molecule has 0 bridgehead atoms. The number of Topliss-reactive ketones (excluding diaryl/α,β-unsaturated/α-hetero) is 2. The van der Waals surface area contributed by atoms with E-state index in [1.54, 1.807) is 0 Å². The average Bonchev–Trinajstić information content (AvgIpc) is 2.79. The van der Waals surface area contributed by atoms with E-state index < -0.39 is 0 Å². The summed E-state index contributed by atoms with van der Waals surface area (Å²) >= 11 is 11.4. The van der Waals surface area contributed by atoms with Crippen LogP contribution in [-0.4, -0.2) is 23.3 Å². The number of hydrogen-bond acceptors (Lipinski definition) is 2. The third-order valence-electron chi connectivity index (χ3n) is 6.78. The van der Waals surface area contributed by atoms with Gasteiger partial charge in [-0.3, -0.25) is 9.59 Å². The molecule has 0 saturated heterocycles. The predicted molar refractivity (Wildman–Crippen MR) is 140 cm³/mol. The summed E-state index contributed by atoms with van der Waals surface area (Å²) in [6.07, 6.45) is 20.5. The van der Waals surface area contributed by atoms with Crippen LogP contribution in [0, 0.1) is 0 Å². The zero-order valence-electron chi connectivity index (χ0n) is 20.7. The number of rotatable bonds is 20. The highest BCUT2D eigenvalue weighted by Crippen LogP contribution is 2.31. The van der Waals surface area contributed by atoms with Crippen LogP contribution in [-0.2, 0) is 9.59 Å². The maximum Gasteiger partial charge on any atom is 0.185 e. The molecule has 0 aliphatic heterocycles. The molecule has 0 fully saturated rings. The van der Waals surface area contributed by atoms with E-state index in [0.717, 1.165) is 74.3 Å². The van der Waals surface area contributed by atoms with Crippen molar-refractivity contribution in [2.24, 2.45) is 0 Å². The molecule has 32 heavy (non-hydrogen) atoms. The maximum atomic E-state index is 12.9. The second kappa shape index (κ2) is 18.8. The smallest absolute Gasteiger partial charge is 0.185 e. The van der Waals surface area contributed by atoms with Crippen molar-refractivity contribution in [2.45, 2.75) is 129 Å². The molecule has 0 saturated carbocycles. The molecule has 0 aromatic heterocycles. The first-order valence-corrected chi connectivity index (χ1v) is 14.2. The normalized spacial score (nSPS) is 14.8. The molecule has 0 N–H and O–H groups in total. The lowest BCUT2D eigenvalue weighted by Gasteiger charge is -2.21. The van der Waals surface area contributed by atoms with Gasteiger partial charge in [-0.2, -0.15) is 0 Å². The fraction of sp³-hybridized carbons (Fsp3) is 0.786. The van der Waals surface area contributed by atoms with E-state index in [1.165, 1.54) is 64.2 Å². The lowest BCUT2D eigenvalue weighted by Crippen LogP contribution is -2.22. The van der Waals surface area contributed by atoms with Gasteiger partial charge in [0, 0.05) is 34.1 Å². The molecular formula is C28H46Cl2O2. The topological polar surface area (TPSA) is 34.1 Å². The minimum atomic E-state index is 0.123. The summed E-state index contributed by atoms with van der Waals surface area (Å²) in [5.41, 5.74) is 2.96. The van der Waals surface area contributed by atoms with Gasteiger partial charge in [0.05, 0.1) is 0 Å². The van der Waals surface area contributed by atoms with Crippen LogP contribution in [0.15, 0.2) is 22.3 Å². The minimum absolute atomic E-state index is 0.123. The number of carbonyl (C=O) groups excluding carboxylic acids is 2. The van der Waals surface area contributed by atoms with E-state index in [-0.39, 0.29) is 11.6 Å². The second-order valence-corrected chi connectivity index (χ2v) is 10.2. The van der Waals surface area contributed by atoms with Gasteiger partial charge in [0.25, 0.3) is 0 Å².